The third-order valence-corrected chi connectivity index (χ3v) is 4.09. The second-order valence-electron chi connectivity index (χ2n) is 8.10. The molecule has 1 aromatic heterocycles. The lowest BCUT2D eigenvalue weighted by atomic mass is 9.75. The van der Waals surface area contributed by atoms with Gasteiger partial charge in [-0.15, -0.1) is 0 Å². The van der Waals surface area contributed by atoms with E-state index in [0.29, 0.717) is 0 Å². The van der Waals surface area contributed by atoms with Crippen LogP contribution in [0.3, 0.4) is 0 Å². The number of para-hydroxylation sites is 2. The van der Waals surface area contributed by atoms with Crippen molar-refractivity contribution in [3.05, 3.63) is 47.5 Å². The van der Waals surface area contributed by atoms with Crippen LogP contribution in [-0.4, -0.2) is 9.97 Å². The molecule has 0 aliphatic rings. The van der Waals surface area contributed by atoms with E-state index < -0.39 is 0 Å². The average molecular weight is 292 g/mol. The van der Waals surface area contributed by atoms with E-state index in [1.54, 1.807) is 0 Å². The quantitative estimate of drug-likeness (QED) is 0.520. The third-order valence-electron chi connectivity index (χ3n) is 4.09. The van der Waals surface area contributed by atoms with E-state index in [2.05, 4.69) is 53.7 Å². The van der Waals surface area contributed by atoms with Crippen LogP contribution in [-0.2, 0) is 10.8 Å². The minimum Gasteiger partial charge on any atom is -0.244 e. The summed E-state index contributed by atoms with van der Waals surface area (Å²) in [5, 5.41) is 0. The fraction of sp³-hybridized carbons (Fsp3) is 0.400. The molecule has 0 saturated carbocycles. The highest BCUT2D eigenvalue weighted by molar-refractivity contribution is 5.87. The van der Waals surface area contributed by atoms with Crippen LogP contribution in [0.15, 0.2) is 36.4 Å². The minimum absolute atomic E-state index is 0.0874. The fourth-order valence-electron chi connectivity index (χ4n) is 2.91. The van der Waals surface area contributed by atoms with E-state index in [4.69, 9.17) is 9.97 Å². The fourth-order valence-corrected chi connectivity index (χ4v) is 2.91. The van der Waals surface area contributed by atoms with E-state index in [0.717, 1.165) is 22.1 Å². The molecule has 2 aromatic carbocycles. The van der Waals surface area contributed by atoms with Gasteiger partial charge in [0.05, 0.1) is 22.1 Å². The van der Waals surface area contributed by atoms with Gasteiger partial charge < -0.3 is 0 Å². The van der Waals surface area contributed by atoms with Crippen LogP contribution in [0.25, 0.3) is 22.1 Å². The Morgan fingerprint density at radius 2 is 0.955 bits per heavy atom. The monoisotopic (exact) mass is 292 g/mol. The van der Waals surface area contributed by atoms with Crippen molar-refractivity contribution < 1.29 is 0 Å². The van der Waals surface area contributed by atoms with Crippen LogP contribution >= 0.6 is 0 Å². The SMILES string of the molecule is CC(C)(C)c1cc2nc3ccccc3nc2cc1C(C)(C)C. The van der Waals surface area contributed by atoms with Crippen molar-refractivity contribution in [2.45, 2.75) is 52.4 Å². The Balaban J connectivity index is 2.40. The molecule has 0 aliphatic heterocycles. The van der Waals surface area contributed by atoms with Crippen molar-refractivity contribution in [3.63, 3.8) is 0 Å². The van der Waals surface area contributed by atoms with Crippen molar-refractivity contribution in [2.24, 2.45) is 0 Å². The lowest BCUT2D eigenvalue weighted by Crippen LogP contribution is -2.22. The predicted molar refractivity (Wildman–Crippen MR) is 94.4 cm³/mol. The number of hydrogen-bond donors (Lipinski definition) is 0. The molecule has 0 atom stereocenters. The van der Waals surface area contributed by atoms with Gasteiger partial charge in [0.2, 0.25) is 0 Å². The number of hydrogen-bond acceptors (Lipinski definition) is 2. The summed E-state index contributed by atoms with van der Waals surface area (Å²) in [4.78, 5) is 9.63. The van der Waals surface area contributed by atoms with Gasteiger partial charge in [0.15, 0.2) is 0 Å². The minimum atomic E-state index is 0.0874. The number of benzene rings is 2. The van der Waals surface area contributed by atoms with E-state index >= 15 is 0 Å². The number of nitrogens with zero attached hydrogens (tertiary/aromatic N) is 2. The summed E-state index contributed by atoms with van der Waals surface area (Å²) in [6.07, 6.45) is 0. The molecule has 0 amide bonds. The molecule has 0 unspecified atom stereocenters. The summed E-state index contributed by atoms with van der Waals surface area (Å²) >= 11 is 0. The molecule has 0 N–H and O–H groups in total. The Labute approximate surface area is 132 Å². The van der Waals surface area contributed by atoms with Crippen LogP contribution in [0.1, 0.15) is 52.7 Å². The number of fused-ring (bicyclic) bond motifs is 2. The van der Waals surface area contributed by atoms with Gasteiger partial charge in [-0.25, -0.2) is 9.97 Å². The summed E-state index contributed by atoms with van der Waals surface area (Å²) in [5.41, 5.74) is 6.77. The Kier molecular flexibility index (Phi) is 3.24. The lowest BCUT2D eigenvalue weighted by molar-refractivity contribution is 0.531. The van der Waals surface area contributed by atoms with Gasteiger partial charge in [-0.05, 0) is 46.2 Å². The molecule has 0 aliphatic carbocycles. The zero-order chi connectivity index (χ0) is 16.1. The van der Waals surface area contributed by atoms with Crippen LogP contribution in [0.2, 0.25) is 0 Å². The molecule has 0 spiro atoms. The lowest BCUT2D eigenvalue weighted by Gasteiger charge is -2.30. The molecule has 2 heteroatoms. The smallest absolute Gasteiger partial charge is 0.0897 e. The van der Waals surface area contributed by atoms with Crippen molar-refractivity contribution in [1.82, 2.24) is 9.97 Å². The summed E-state index contributed by atoms with van der Waals surface area (Å²) in [6, 6.07) is 12.5. The maximum Gasteiger partial charge on any atom is 0.0897 e. The largest absolute Gasteiger partial charge is 0.244 e. The first-order chi connectivity index (χ1) is 10.2. The first-order valence-electron chi connectivity index (χ1n) is 7.88. The van der Waals surface area contributed by atoms with E-state index in [1.807, 2.05) is 24.3 Å². The molecule has 0 radical (unpaired) electrons. The van der Waals surface area contributed by atoms with Gasteiger partial charge in [-0.1, -0.05) is 53.7 Å². The van der Waals surface area contributed by atoms with Crippen LogP contribution < -0.4 is 0 Å². The molecule has 0 fully saturated rings. The molecule has 114 valence electrons. The molecular formula is C20H24N2. The molecule has 2 nitrogen and oxygen atoms in total. The molecule has 3 aromatic rings. The summed E-state index contributed by atoms with van der Waals surface area (Å²) in [6.45, 7) is 13.6. The van der Waals surface area contributed by atoms with Crippen molar-refractivity contribution in [2.75, 3.05) is 0 Å². The normalized spacial score (nSPS) is 13.0. The van der Waals surface area contributed by atoms with Gasteiger partial charge in [0, 0.05) is 0 Å². The average Bonchev–Trinajstić information content (AvgIpc) is 2.41. The maximum atomic E-state index is 4.81. The highest BCUT2D eigenvalue weighted by atomic mass is 14.8. The van der Waals surface area contributed by atoms with Gasteiger partial charge in [-0.3, -0.25) is 0 Å². The van der Waals surface area contributed by atoms with Crippen molar-refractivity contribution in [1.29, 1.82) is 0 Å². The first-order valence-corrected chi connectivity index (χ1v) is 7.88. The van der Waals surface area contributed by atoms with Crippen molar-refractivity contribution in [3.8, 4) is 0 Å². The maximum absolute atomic E-state index is 4.81. The zero-order valence-electron chi connectivity index (χ0n) is 14.4. The second-order valence-corrected chi connectivity index (χ2v) is 8.10. The molecule has 1 heterocycles. The van der Waals surface area contributed by atoms with E-state index in [-0.39, 0.29) is 10.8 Å². The molecule has 22 heavy (non-hydrogen) atoms. The number of aromatic nitrogens is 2. The molecule has 3 rings (SSSR count). The van der Waals surface area contributed by atoms with Gasteiger partial charge in [0.1, 0.15) is 0 Å². The molecule has 0 bridgehead atoms. The Bertz CT molecular complexity index is 777. The van der Waals surface area contributed by atoms with Gasteiger partial charge >= 0.3 is 0 Å². The Morgan fingerprint density at radius 3 is 1.27 bits per heavy atom. The van der Waals surface area contributed by atoms with Crippen molar-refractivity contribution >= 4 is 22.1 Å². The second kappa shape index (κ2) is 4.77. The van der Waals surface area contributed by atoms with Gasteiger partial charge in [0.25, 0.3) is 0 Å². The number of rotatable bonds is 0. The standard InChI is InChI=1S/C20H24N2/c1-19(2,3)13-11-17-18(12-14(13)20(4,5)6)22-16-10-8-7-9-15(16)21-17/h7-12H,1-6H3. The Hall–Kier alpha value is -1.96. The third kappa shape index (κ3) is 2.58. The predicted octanol–water partition coefficient (Wildman–Crippen LogP) is 5.38. The highest BCUT2D eigenvalue weighted by Crippen LogP contribution is 2.36. The highest BCUT2D eigenvalue weighted by Gasteiger charge is 2.26. The summed E-state index contributed by atoms with van der Waals surface area (Å²) < 4.78 is 0. The first kappa shape index (κ1) is 15.0. The Morgan fingerprint density at radius 1 is 0.591 bits per heavy atom. The van der Waals surface area contributed by atoms with E-state index in [1.165, 1.54) is 11.1 Å². The van der Waals surface area contributed by atoms with Crippen LogP contribution in [0.5, 0.6) is 0 Å². The van der Waals surface area contributed by atoms with Crippen LogP contribution in [0, 0.1) is 0 Å². The molecule has 0 saturated heterocycles. The summed E-state index contributed by atoms with van der Waals surface area (Å²) in [5.74, 6) is 0. The zero-order valence-corrected chi connectivity index (χ0v) is 14.4. The topological polar surface area (TPSA) is 25.8 Å². The van der Waals surface area contributed by atoms with Gasteiger partial charge in [-0.2, -0.15) is 0 Å². The van der Waals surface area contributed by atoms with Crippen LogP contribution in [0.4, 0.5) is 0 Å². The summed E-state index contributed by atoms with van der Waals surface area (Å²) in [7, 11) is 0. The molecular weight excluding hydrogens is 268 g/mol. The van der Waals surface area contributed by atoms with E-state index in [9.17, 15) is 0 Å².